The lowest BCUT2D eigenvalue weighted by molar-refractivity contribution is -0.127. The molecule has 1 N–H and O–H groups in total. The van der Waals surface area contributed by atoms with Crippen molar-refractivity contribution in [3.05, 3.63) is 46.9 Å². The first-order valence-corrected chi connectivity index (χ1v) is 8.48. The molecule has 6 nitrogen and oxygen atoms in total. The molecule has 132 valence electrons. The van der Waals surface area contributed by atoms with Gasteiger partial charge in [-0.3, -0.25) is 9.69 Å². The van der Waals surface area contributed by atoms with Gasteiger partial charge in [0.1, 0.15) is 5.82 Å². The first-order chi connectivity index (χ1) is 12.0. The molecule has 1 aromatic rings. The van der Waals surface area contributed by atoms with E-state index >= 15 is 0 Å². The molecule has 0 radical (unpaired) electrons. The number of hydrogen-bond donors (Lipinski definition) is 1. The number of benzene rings is 1. The van der Waals surface area contributed by atoms with E-state index in [2.05, 4.69) is 5.32 Å². The van der Waals surface area contributed by atoms with Crippen molar-refractivity contribution in [3.8, 4) is 0 Å². The van der Waals surface area contributed by atoms with Crippen molar-refractivity contribution in [2.45, 2.75) is 25.0 Å². The Bertz CT molecular complexity index is 740. The number of carbonyl (C=O) groups is 2. The number of hydrogen-bond acceptors (Lipinski definition) is 3. The highest BCUT2D eigenvalue weighted by Crippen LogP contribution is 2.36. The van der Waals surface area contributed by atoms with Gasteiger partial charge < -0.3 is 15.0 Å². The Morgan fingerprint density at radius 2 is 2.04 bits per heavy atom. The van der Waals surface area contributed by atoms with Gasteiger partial charge in [0.25, 0.3) is 5.91 Å². The van der Waals surface area contributed by atoms with Crippen LogP contribution < -0.4 is 5.32 Å². The fourth-order valence-corrected chi connectivity index (χ4v) is 3.71. The van der Waals surface area contributed by atoms with E-state index in [0.717, 1.165) is 19.4 Å². The Morgan fingerprint density at radius 1 is 1.28 bits per heavy atom. The van der Waals surface area contributed by atoms with Gasteiger partial charge in [-0.2, -0.15) is 0 Å². The molecule has 1 saturated heterocycles. The van der Waals surface area contributed by atoms with Crippen molar-refractivity contribution in [3.63, 3.8) is 0 Å². The molecule has 4 rings (SSSR count). The highest BCUT2D eigenvalue weighted by Gasteiger charge is 2.43. The minimum atomic E-state index is -0.554. The average molecular weight is 345 g/mol. The molecule has 0 aromatic heterocycles. The minimum absolute atomic E-state index is 0.0588. The topological polar surface area (TPSA) is 61.9 Å². The van der Waals surface area contributed by atoms with Crippen LogP contribution in [-0.4, -0.2) is 54.6 Å². The van der Waals surface area contributed by atoms with Crippen molar-refractivity contribution in [2.24, 2.45) is 0 Å². The molecule has 3 amide bonds. The van der Waals surface area contributed by atoms with Crippen molar-refractivity contribution >= 4 is 11.9 Å². The second kappa shape index (κ2) is 6.15. The van der Waals surface area contributed by atoms with E-state index in [-0.39, 0.29) is 23.9 Å². The summed E-state index contributed by atoms with van der Waals surface area (Å²) in [5.74, 6) is -0.443. The average Bonchev–Trinajstić information content (AvgIpc) is 3.22. The number of halogens is 1. The summed E-state index contributed by atoms with van der Waals surface area (Å²) in [6.07, 6.45) is 2.02. The molecule has 25 heavy (non-hydrogen) atoms. The zero-order chi connectivity index (χ0) is 17.6. The van der Waals surface area contributed by atoms with Gasteiger partial charge in [0, 0.05) is 20.2 Å². The number of nitrogens with zero attached hydrogens (tertiary/aromatic N) is 2. The molecule has 0 aliphatic carbocycles. The molecule has 3 aliphatic heterocycles. The Labute approximate surface area is 145 Å². The Hall–Kier alpha value is -2.41. The lowest BCUT2D eigenvalue weighted by Crippen LogP contribution is -2.45. The molecule has 7 heteroatoms. The molecular weight excluding hydrogens is 325 g/mol. The van der Waals surface area contributed by atoms with E-state index in [1.54, 1.807) is 24.1 Å². The van der Waals surface area contributed by atoms with E-state index in [9.17, 15) is 14.0 Å². The van der Waals surface area contributed by atoms with Crippen LogP contribution in [0.4, 0.5) is 9.18 Å². The van der Waals surface area contributed by atoms with Crippen molar-refractivity contribution in [1.82, 2.24) is 15.1 Å². The maximum atomic E-state index is 13.2. The minimum Gasteiger partial charge on any atom is -0.376 e. The van der Waals surface area contributed by atoms with E-state index in [4.69, 9.17) is 4.74 Å². The molecule has 0 saturated carbocycles. The summed E-state index contributed by atoms with van der Waals surface area (Å²) < 4.78 is 18.9. The fraction of sp³-hybridized carbons (Fsp3) is 0.444. The monoisotopic (exact) mass is 345 g/mol. The van der Waals surface area contributed by atoms with E-state index in [1.807, 2.05) is 0 Å². The van der Waals surface area contributed by atoms with E-state index in [0.29, 0.717) is 29.9 Å². The zero-order valence-electron chi connectivity index (χ0n) is 14.0. The second-order valence-corrected chi connectivity index (χ2v) is 6.67. The summed E-state index contributed by atoms with van der Waals surface area (Å²) in [5, 5.41) is 2.85. The third kappa shape index (κ3) is 2.78. The number of urea groups is 1. The van der Waals surface area contributed by atoms with Crippen molar-refractivity contribution in [2.75, 3.05) is 26.7 Å². The van der Waals surface area contributed by atoms with Crippen LogP contribution in [0.1, 0.15) is 24.4 Å². The van der Waals surface area contributed by atoms with Gasteiger partial charge in [0.05, 0.1) is 30.0 Å². The maximum Gasteiger partial charge on any atom is 0.322 e. The zero-order valence-corrected chi connectivity index (χ0v) is 14.0. The number of nitrogens with one attached hydrogen (secondary N) is 1. The van der Waals surface area contributed by atoms with Crippen LogP contribution in [0.25, 0.3) is 0 Å². The predicted molar refractivity (Wildman–Crippen MR) is 88.0 cm³/mol. The van der Waals surface area contributed by atoms with Crippen LogP contribution in [0.3, 0.4) is 0 Å². The molecule has 0 bridgehead atoms. The predicted octanol–water partition coefficient (Wildman–Crippen LogP) is 1.80. The fourth-order valence-electron chi connectivity index (χ4n) is 3.71. The van der Waals surface area contributed by atoms with Crippen LogP contribution in [0.5, 0.6) is 0 Å². The van der Waals surface area contributed by atoms with Crippen LogP contribution in [-0.2, 0) is 9.53 Å². The smallest absolute Gasteiger partial charge is 0.322 e. The molecule has 1 fully saturated rings. The number of carbonyl (C=O) groups excluding carboxylic acids is 2. The highest BCUT2D eigenvalue weighted by atomic mass is 19.1. The summed E-state index contributed by atoms with van der Waals surface area (Å²) in [4.78, 5) is 28.5. The molecule has 0 unspecified atom stereocenters. The molecular formula is C18H20FN3O3. The standard InChI is InChI=1S/C18H20FN3O3/c1-21-14-10-22(9-13-3-2-8-25-13)17(23)15(14)16(20-18(21)24)11-4-6-12(19)7-5-11/h4-7,13,16H,2-3,8-10H2,1H3,(H,20,24)/t13-,16+/m0/s1. The largest absolute Gasteiger partial charge is 0.376 e. The summed E-state index contributed by atoms with van der Waals surface area (Å²) in [5.41, 5.74) is 1.97. The SMILES string of the molecule is CN1C(=O)N[C@H](c2ccc(F)cc2)C2=C1CN(C[C@@H]1CCCO1)C2=O. The van der Waals surface area contributed by atoms with Gasteiger partial charge >= 0.3 is 6.03 Å². The third-order valence-electron chi connectivity index (χ3n) is 5.09. The Kier molecular flexibility index (Phi) is 3.95. The van der Waals surface area contributed by atoms with Crippen LogP contribution in [0.15, 0.2) is 35.5 Å². The summed E-state index contributed by atoms with van der Waals surface area (Å²) in [7, 11) is 1.66. The highest BCUT2D eigenvalue weighted by molar-refractivity contribution is 6.01. The van der Waals surface area contributed by atoms with Gasteiger partial charge in [-0.15, -0.1) is 0 Å². The molecule has 0 spiro atoms. The van der Waals surface area contributed by atoms with Crippen molar-refractivity contribution < 1.29 is 18.7 Å². The van der Waals surface area contributed by atoms with Crippen LogP contribution in [0, 0.1) is 5.82 Å². The van der Waals surface area contributed by atoms with Gasteiger partial charge in [-0.25, -0.2) is 9.18 Å². The number of amides is 3. The molecule has 1 aromatic carbocycles. The van der Waals surface area contributed by atoms with Gasteiger partial charge in [-0.05, 0) is 30.5 Å². The Morgan fingerprint density at radius 3 is 2.72 bits per heavy atom. The second-order valence-electron chi connectivity index (χ2n) is 6.67. The normalized spacial score (nSPS) is 26.3. The maximum absolute atomic E-state index is 13.2. The summed E-state index contributed by atoms with van der Waals surface area (Å²) in [6.45, 7) is 1.66. The van der Waals surface area contributed by atoms with Gasteiger partial charge in [0.2, 0.25) is 0 Å². The van der Waals surface area contributed by atoms with Crippen LogP contribution >= 0.6 is 0 Å². The summed E-state index contributed by atoms with van der Waals surface area (Å²) >= 11 is 0. The van der Waals surface area contributed by atoms with Crippen molar-refractivity contribution in [1.29, 1.82) is 0 Å². The lowest BCUT2D eigenvalue weighted by Gasteiger charge is -2.31. The quantitative estimate of drug-likeness (QED) is 0.909. The third-order valence-corrected chi connectivity index (χ3v) is 5.09. The summed E-state index contributed by atoms with van der Waals surface area (Å²) in [6, 6.07) is 5.06. The van der Waals surface area contributed by atoms with Gasteiger partial charge in [0.15, 0.2) is 0 Å². The van der Waals surface area contributed by atoms with Crippen LogP contribution in [0.2, 0.25) is 0 Å². The Balaban J connectivity index is 1.64. The van der Waals surface area contributed by atoms with E-state index in [1.165, 1.54) is 17.0 Å². The van der Waals surface area contributed by atoms with E-state index < -0.39 is 6.04 Å². The number of likely N-dealkylation sites (N-methyl/N-ethyl adjacent to an activating group) is 1. The number of rotatable bonds is 3. The first kappa shape index (κ1) is 16.1. The first-order valence-electron chi connectivity index (χ1n) is 8.48. The molecule has 3 heterocycles. The number of ether oxygens (including phenoxy) is 1. The lowest BCUT2D eigenvalue weighted by atomic mass is 9.96. The molecule has 2 atom stereocenters. The molecule has 3 aliphatic rings. The van der Waals surface area contributed by atoms with Gasteiger partial charge in [-0.1, -0.05) is 12.1 Å².